The van der Waals surface area contributed by atoms with Crippen LogP contribution in [0.5, 0.6) is 0 Å². The first-order valence-corrected chi connectivity index (χ1v) is 3.65. The van der Waals surface area contributed by atoms with Gasteiger partial charge in [-0.05, 0) is 0 Å². The minimum atomic E-state index is -0.659. The predicted octanol–water partition coefficient (Wildman–Crippen LogP) is 1.04. The summed E-state index contributed by atoms with van der Waals surface area (Å²) in [6.07, 6.45) is 0. The summed E-state index contributed by atoms with van der Waals surface area (Å²) in [5.74, 6) is -0.659. The number of hydrogen-bond donors (Lipinski definition) is 1. The summed E-state index contributed by atoms with van der Waals surface area (Å²) < 4.78 is 4.43. The number of hydrogen-bond acceptors (Lipinski definition) is 4. The molecule has 0 heterocycles. The van der Waals surface area contributed by atoms with E-state index < -0.39 is 5.97 Å². The molecule has 13 heavy (non-hydrogen) atoms. The van der Waals surface area contributed by atoms with Gasteiger partial charge in [-0.1, -0.05) is 35.5 Å². The normalized spacial score (nSPS) is 11.0. The van der Waals surface area contributed by atoms with Crippen LogP contribution >= 0.6 is 0 Å². The molecular formula is C9H9NO3. The smallest absolute Gasteiger partial charge is 0.360 e. The van der Waals surface area contributed by atoms with Gasteiger partial charge in [0.15, 0.2) is 5.71 Å². The van der Waals surface area contributed by atoms with Gasteiger partial charge in [-0.3, -0.25) is 0 Å². The summed E-state index contributed by atoms with van der Waals surface area (Å²) in [5.41, 5.74) is 0.431. The second-order valence-corrected chi connectivity index (χ2v) is 2.31. The third kappa shape index (κ3) is 2.05. The van der Waals surface area contributed by atoms with Crippen LogP contribution in [0.25, 0.3) is 0 Å². The van der Waals surface area contributed by atoms with Crippen LogP contribution in [-0.2, 0) is 9.53 Å². The van der Waals surface area contributed by atoms with Crippen LogP contribution < -0.4 is 0 Å². The number of ether oxygens (including phenoxy) is 1. The zero-order valence-corrected chi connectivity index (χ0v) is 7.10. The number of nitrogens with zero attached hydrogens (tertiary/aromatic N) is 1. The van der Waals surface area contributed by atoms with Gasteiger partial charge in [0.25, 0.3) is 0 Å². The zero-order valence-electron chi connectivity index (χ0n) is 7.10. The SMILES string of the molecule is COC(=O)/C(=N/O)c1ccccc1. The third-order valence-electron chi connectivity index (χ3n) is 1.53. The van der Waals surface area contributed by atoms with Crippen molar-refractivity contribution in [1.82, 2.24) is 0 Å². The van der Waals surface area contributed by atoms with E-state index in [1.807, 2.05) is 0 Å². The first-order valence-electron chi connectivity index (χ1n) is 3.65. The number of methoxy groups -OCH3 is 1. The van der Waals surface area contributed by atoms with Crippen LogP contribution in [0.2, 0.25) is 0 Å². The van der Waals surface area contributed by atoms with E-state index in [0.29, 0.717) is 5.56 Å². The lowest BCUT2D eigenvalue weighted by atomic mass is 10.1. The highest BCUT2D eigenvalue weighted by atomic mass is 16.5. The maximum absolute atomic E-state index is 11.0. The number of esters is 1. The molecule has 0 aliphatic heterocycles. The fourth-order valence-electron chi connectivity index (χ4n) is 0.909. The molecule has 4 nitrogen and oxygen atoms in total. The fraction of sp³-hybridized carbons (Fsp3) is 0.111. The average molecular weight is 179 g/mol. The van der Waals surface area contributed by atoms with Gasteiger partial charge in [0.2, 0.25) is 0 Å². The molecular weight excluding hydrogens is 170 g/mol. The first kappa shape index (κ1) is 9.25. The predicted molar refractivity (Wildman–Crippen MR) is 46.8 cm³/mol. The van der Waals surface area contributed by atoms with Crippen LogP contribution in [0, 0.1) is 0 Å². The Kier molecular flexibility index (Phi) is 3.03. The second-order valence-electron chi connectivity index (χ2n) is 2.31. The Bertz CT molecular complexity index is 319. The molecule has 1 N–H and O–H groups in total. The maximum Gasteiger partial charge on any atom is 0.360 e. The topological polar surface area (TPSA) is 58.9 Å². The highest BCUT2D eigenvalue weighted by Gasteiger charge is 2.13. The van der Waals surface area contributed by atoms with E-state index in [4.69, 9.17) is 5.21 Å². The van der Waals surface area contributed by atoms with Crippen LogP contribution in [0.4, 0.5) is 0 Å². The van der Waals surface area contributed by atoms with Crippen LogP contribution in [0.1, 0.15) is 5.56 Å². The third-order valence-corrected chi connectivity index (χ3v) is 1.53. The van der Waals surface area contributed by atoms with E-state index in [2.05, 4.69) is 9.89 Å². The molecule has 0 spiro atoms. The summed E-state index contributed by atoms with van der Waals surface area (Å²) in [5, 5.41) is 11.4. The molecule has 4 heteroatoms. The van der Waals surface area contributed by atoms with Gasteiger partial charge < -0.3 is 9.94 Å². The van der Waals surface area contributed by atoms with Gasteiger partial charge in [0.05, 0.1) is 7.11 Å². The van der Waals surface area contributed by atoms with Gasteiger partial charge >= 0.3 is 5.97 Å². The number of carbonyl (C=O) groups excluding carboxylic acids is 1. The molecule has 0 aliphatic carbocycles. The maximum atomic E-state index is 11.0. The quantitative estimate of drug-likeness (QED) is 0.319. The van der Waals surface area contributed by atoms with Crippen molar-refractivity contribution in [3.8, 4) is 0 Å². The van der Waals surface area contributed by atoms with E-state index >= 15 is 0 Å². The molecule has 0 saturated heterocycles. The number of oxime groups is 1. The van der Waals surface area contributed by atoms with Gasteiger partial charge in [0, 0.05) is 5.56 Å². The summed E-state index contributed by atoms with van der Waals surface area (Å²) in [4.78, 5) is 11.0. The molecule has 0 atom stereocenters. The molecule has 0 fully saturated rings. The second kappa shape index (κ2) is 4.25. The van der Waals surface area contributed by atoms with E-state index in [1.54, 1.807) is 30.3 Å². The standard InChI is InChI=1S/C9H9NO3/c1-13-9(11)8(10-12)7-5-3-2-4-6-7/h2-6,12H,1H3/b10-8+. The largest absolute Gasteiger partial charge is 0.464 e. The fourth-order valence-corrected chi connectivity index (χ4v) is 0.909. The van der Waals surface area contributed by atoms with Crippen molar-refractivity contribution in [2.24, 2.45) is 5.16 Å². The van der Waals surface area contributed by atoms with Crippen LogP contribution in [0.3, 0.4) is 0 Å². The number of rotatable bonds is 2. The molecule has 1 aromatic rings. The molecule has 0 amide bonds. The van der Waals surface area contributed by atoms with Gasteiger partial charge in [-0.25, -0.2) is 4.79 Å². The summed E-state index contributed by atoms with van der Waals surface area (Å²) in [6, 6.07) is 8.60. The van der Waals surface area contributed by atoms with Crippen molar-refractivity contribution < 1.29 is 14.7 Å². The van der Waals surface area contributed by atoms with E-state index in [9.17, 15) is 4.79 Å². The molecule has 1 aromatic carbocycles. The van der Waals surface area contributed by atoms with E-state index in [1.165, 1.54) is 7.11 Å². The van der Waals surface area contributed by atoms with Gasteiger partial charge in [-0.15, -0.1) is 0 Å². The van der Waals surface area contributed by atoms with Crippen molar-refractivity contribution in [3.63, 3.8) is 0 Å². The van der Waals surface area contributed by atoms with Gasteiger partial charge in [0.1, 0.15) is 0 Å². The molecule has 68 valence electrons. The van der Waals surface area contributed by atoms with Crippen LogP contribution in [0.15, 0.2) is 35.5 Å². The van der Waals surface area contributed by atoms with Crippen molar-refractivity contribution in [2.75, 3.05) is 7.11 Å². The van der Waals surface area contributed by atoms with Gasteiger partial charge in [-0.2, -0.15) is 0 Å². The van der Waals surface area contributed by atoms with E-state index in [-0.39, 0.29) is 5.71 Å². The molecule has 1 rings (SSSR count). The molecule has 0 aromatic heterocycles. The lowest BCUT2D eigenvalue weighted by Crippen LogP contribution is -2.16. The Morgan fingerprint density at radius 3 is 2.46 bits per heavy atom. The number of carbonyl (C=O) groups is 1. The zero-order chi connectivity index (χ0) is 9.68. The molecule has 0 saturated carbocycles. The molecule has 0 bridgehead atoms. The Morgan fingerprint density at radius 1 is 1.38 bits per heavy atom. The first-order chi connectivity index (χ1) is 6.29. The highest BCUT2D eigenvalue weighted by molar-refractivity contribution is 6.43. The minimum Gasteiger partial charge on any atom is -0.464 e. The lowest BCUT2D eigenvalue weighted by molar-refractivity contribution is -0.132. The summed E-state index contributed by atoms with van der Waals surface area (Å²) >= 11 is 0. The monoisotopic (exact) mass is 179 g/mol. The molecule has 0 radical (unpaired) electrons. The Balaban J connectivity index is 3.00. The van der Waals surface area contributed by atoms with Crippen molar-refractivity contribution >= 4 is 11.7 Å². The lowest BCUT2D eigenvalue weighted by Gasteiger charge is -2.00. The van der Waals surface area contributed by atoms with E-state index in [0.717, 1.165) is 0 Å². The number of benzene rings is 1. The molecule has 0 aliphatic rings. The molecule has 0 unspecified atom stereocenters. The Morgan fingerprint density at radius 2 is 2.00 bits per heavy atom. The van der Waals surface area contributed by atoms with Crippen LogP contribution in [-0.4, -0.2) is 24.0 Å². The Labute approximate surface area is 75.4 Å². The minimum absolute atomic E-state index is 0.0944. The summed E-state index contributed by atoms with van der Waals surface area (Å²) in [7, 11) is 1.23. The van der Waals surface area contributed by atoms with Crippen molar-refractivity contribution in [1.29, 1.82) is 0 Å². The summed E-state index contributed by atoms with van der Waals surface area (Å²) in [6.45, 7) is 0. The average Bonchev–Trinajstić information content (AvgIpc) is 2.20. The van der Waals surface area contributed by atoms with Crippen molar-refractivity contribution in [3.05, 3.63) is 35.9 Å². The van der Waals surface area contributed by atoms with Crippen molar-refractivity contribution in [2.45, 2.75) is 0 Å². The Hall–Kier alpha value is -1.84. The highest BCUT2D eigenvalue weighted by Crippen LogP contribution is 2.01.